The molecule has 2 rings (SSSR count). The maximum atomic E-state index is 5.51. The molecule has 1 atom stereocenters. The summed E-state index contributed by atoms with van der Waals surface area (Å²) < 4.78 is 15.4. The van der Waals surface area contributed by atoms with Crippen molar-refractivity contribution in [1.82, 2.24) is 0 Å². The zero-order valence-electron chi connectivity index (χ0n) is 6.46. The summed E-state index contributed by atoms with van der Waals surface area (Å²) in [7, 11) is 0. The molecule has 66 valence electrons. The molecule has 12 heavy (non-hydrogen) atoms. The van der Waals surface area contributed by atoms with Crippen LogP contribution in [-0.2, 0) is 14.0 Å². The van der Waals surface area contributed by atoms with Crippen LogP contribution in [-0.4, -0.2) is 19.8 Å². The summed E-state index contributed by atoms with van der Waals surface area (Å²) >= 11 is 3.44. The lowest BCUT2D eigenvalue weighted by molar-refractivity contribution is -0.115. The molecule has 4 heteroatoms. The van der Waals surface area contributed by atoms with Crippen molar-refractivity contribution in [2.45, 2.75) is 4.51 Å². The average Bonchev–Trinajstić information content (AvgIpc) is 2.58. The van der Waals surface area contributed by atoms with Gasteiger partial charge < -0.3 is 13.9 Å². The topological polar surface area (TPSA) is 31.6 Å². The minimum absolute atomic E-state index is 0.487. The van der Waals surface area contributed by atoms with E-state index in [1.54, 1.807) is 6.26 Å². The summed E-state index contributed by atoms with van der Waals surface area (Å²) in [6, 6.07) is 3.69. The summed E-state index contributed by atoms with van der Waals surface area (Å²) in [5, 5.41) is 0. The third-order valence-electron chi connectivity index (χ3n) is 1.74. The number of hydrogen-bond acceptors (Lipinski definition) is 3. The summed E-state index contributed by atoms with van der Waals surface area (Å²) in [6.07, 6.45) is 1.62. The van der Waals surface area contributed by atoms with Crippen LogP contribution in [0.4, 0.5) is 0 Å². The molecule has 1 aliphatic heterocycles. The highest BCUT2D eigenvalue weighted by Crippen LogP contribution is 2.35. The highest BCUT2D eigenvalue weighted by Gasteiger charge is 2.35. The minimum Gasteiger partial charge on any atom is -0.465 e. The van der Waals surface area contributed by atoms with Crippen LogP contribution >= 0.6 is 15.9 Å². The van der Waals surface area contributed by atoms with Crippen LogP contribution in [0.15, 0.2) is 22.8 Å². The zero-order valence-corrected chi connectivity index (χ0v) is 8.04. The molecule has 0 aromatic carbocycles. The number of alkyl halides is 1. The van der Waals surface area contributed by atoms with Gasteiger partial charge in [-0.3, -0.25) is 0 Å². The first-order chi connectivity index (χ1) is 5.81. The van der Waals surface area contributed by atoms with E-state index in [1.165, 1.54) is 0 Å². The van der Waals surface area contributed by atoms with E-state index in [-0.39, 0.29) is 0 Å². The highest BCUT2D eigenvalue weighted by molar-refractivity contribution is 9.09. The first-order valence-electron chi connectivity index (χ1n) is 3.76. The van der Waals surface area contributed by atoms with E-state index in [0.29, 0.717) is 19.8 Å². The maximum absolute atomic E-state index is 5.51. The Bertz CT molecular complexity index is 239. The van der Waals surface area contributed by atoms with Gasteiger partial charge in [-0.1, -0.05) is 0 Å². The molecule has 1 aliphatic rings. The van der Waals surface area contributed by atoms with Crippen molar-refractivity contribution in [3.63, 3.8) is 0 Å². The Morgan fingerprint density at radius 2 is 2.33 bits per heavy atom. The molecule has 1 aromatic heterocycles. The van der Waals surface area contributed by atoms with Gasteiger partial charge >= 0.3 is 0 Å². The van der Waals surface area contributed by atoms with Crippen molar-refractivity contribution in [2.24, 2.45) is 0 Å². The third-order valence-corrected chi connectivity index (χ3v) is 2.58. The van der Waals surface area contributed by atoms with Crippen LogP contribution in [0.1, 0.15) is 5.76 Å². The van der Waals surface area contributed by atoms with E-state index in [9.17, 15) is 0 Å². The maximum Gasteiger partial charge on any atom is 0.203 e. The van der Waals surface area contributed by atoms with Crippen LogP contribution in [0.3, 0.4) is 0 Å². The van der Waals surface area contributed by atoms with Crippen LogP contribution in [0, 0.1) is 0 Å². The molecule has 2 heterocycles. The second-order valence-electron chi connectivity index (χ2n) is 2.61. The quantitative estimate of drug-likeness (QED) is 0.694. The average molecular weight is 233 g/mol. The lowest BCUT2D eigenvalue weighted by Crippen LogP contribution is -2.34. The van der Waals surface area contributed by atoms with Crippen LogP contribution in [0.2, 0.25) is 0 Å². The van der Waals surface area contributed by atoms with Crippen molar-refractivity contribution in [3.8, 4) is 0 Å². The molecule has 3 nitrogen and oxygen atoms in total. The monoisotopic (exact) mass is 232 g/mol. The van der Waals surface area contributed by atoms with Gasteiger partial charge in [0.2, 0.25) is 4.51 Å². The Labute approximate surface area is 78.8 Å². The summed E-state index contributed by atoms with van der Waals surface area (Å²) in [5.41, 5.74) is 0. The molecule has 0 saturated carbocycles. The summed E-state index contributed by atoms with van der Waals surface area (Å²) in [6.45, 7) is 1.72. The van der Waals surface area contributed by atoms with E-state index in [1.807, 2.05) is 12.1 Å². The summed E-state index contributed by atoms with van der Waals surface area (Å²) in [4.78, 5) is 0. The van der Waals surface area contributed by atoms with Crippen molar-refractivity contribution >= 4 is 15.9 Å². The molecule has 0 bridgehead atoms. The van der Waals surface area contributed by atoms with Crippen molar-refractivity contribution < 1.29 is 13.9 Å². The van der Waals surface area contributed by atoms with Gasteiger partial charge in [0.15, 0.2) is 0 Å². The van der Waals surface area contributed by atoms with Crippen molar-refractivity contribution in [1.29, 1.82) is 0 Å². The fourth-order valence-corrected chi connectivity index (χ4v) is 1.69. The Hall–Kier alpha value is -0.320. The molecule has 0 spiro atoms. The number of furan rings is 1. The van der Waals surface area contributed by atoms with Gasteiger partial charge in [-0.25, -0.2) is 0 Å². The van der Waals surface area contributed by atoms with Crippen LogP contribution in [0.25, 0.3) is 0 Å². The lowest BCUT2D eigenvalue weighted by atomic mass is 10.3. The second-order valence-corrected chi connectivity index (χ2v) is 3.89. The predicted molar refractivity (Wildman–Crippen MR) is 46.1 cm³/mol. The second kappa shape index (κ2) is 3.20. The fourth-order valence-electron chi connectivity index (χ4n) is 1.14. The van der Waals surface area contributed by atoms with Gasteiger partial charge in [0, 0.05) is 0 Å². The Morgan fingerprint density at radius 3 is 2.92 bits per heavy atom. The van der Waals surface area contributed by atoms with Gasteiger partial charge in [-0.15, -0.1) is 0 Å². The number of ether oxygens (including phenoxy) is 2. The van der Waals surface area contributed by atoms with E-state index >= 15 is 0 Å². The molecular weight excluding hydrogens is 224 g/mol. The molecule has 1 aromatic rings. The van der Waals surface area contributed by atoms with E-state index in [4.69, 9.17) is 13.9 Å². The van der Waals surface area contributed by atoms with Crippen molar-refractivity contribution in [3.05, 3.63) is 24.2 Å². The van der Waals surface area contributed by atoms with Gasteiger partial charge in [-0.05, 0) is 28.1 Å². The number of hydrogen-bond donors (Lipinski definition) is 0. The van der Waals surface area contributed by atoms with E-state index in [0.717, 1.165) is 5.76 Å². The van der Waals surface area contributed by atoms with E-state index < -0.39 is 4.51 Å². The molecule has 1 saturated heterocycles. The SMILES string of the molecule is BrC1(c2ccco2)COCCO1. The van der Waals surface area contributed by atoms with Crippen molar-refractivity contribution in [2.75, 3.05) is 19.8 Å². The molecule has 0 radical (unpaired) electrons. The normalized spacial score (nSPS) is 30.4. The molecule has 1 unspecified atom stereocenters. The standard InChI is InChI=1S/C8H9BrO3/c9-8(6-10-4-5-12-8)7-2-1-3-11-7/h1-3H,4-6H2. The van der Waals surface area contributed by atoms with Gasteiger partial charge in [0.1, 0.15) is 5.76 Å². The Kier molecular flexibility index (Phi) is 2.21. The van der Waals surface area contributed by atoms with E-state index in [2.05, 4.69) is 15.9 Å². The van der Waals surface area contributed by atoms with Crippen LogP contribution in [0.5, 0.6) is 0 Å². The summed E-state index contributed by atoms with van der Waals surface area (Å²) in [5.74, 6) is 0.752. The molecular formula is C8H9BrO3. The largest absolute Gasteiger partial charge is 0.465 e. The zero-order chi connectivity index (χ0) is 8.44. The molecule has 0 aliphatic carbocycles. The third kappa shape index (κ3) is 1.42. The first-order valence-corrected chi connectivity index (χ1v) is 4.55. The molecule has 0 N–H and O–H groups in total. The fraction of sp³-hybridized carbons (Fsp3) is 0.500. The predicted octanol–water partition coefficient (Wildman–Crippen LogP) is 1.87. The van der Waals surface area contributed by atoms with Gasteiger partial charge in [0.05, 0.1) is 26.1 Å². The highest BCUT2D eigenvalue weighted by atomic mass is 79.9. The molecule has 1 fully saturated rings. The number of rotatable bonds is 1. The minimum atomic E-state index is -0.575. The molecule has 0 amide bonds. The lowest BCUT2D eigenvalue weighted by Gasteiger charge is -2.29. The Balaban J connectivity index is 2.19. The smallest absolute Gasteiger partial charge is 0.203 e. The first kappa shape index (κ1) is 8.29. The number of halogens is 1. The Morgan fingerprint density at radius 1 is 1.42 bits per heavy atom. The van der Waals surface area contributed by atoms with Gasteiger partial charge in [-0.2, -0.15) is 0 Å². The van der Waals surface area contributed by atoms with Crippen LogP contribution < -0.4 is 0 Å². The van der Waals surface area contributed by atoms with Gasteiger partial charge in [0.25, 0.3) is 0 Å².